The maximum atomic E-state index is 12.9. The van der Waals surface area contributed by atoms with Crippen LogP contribution in [0.1, 0.15) is 46.8 Å². The molecule has 7 heteroatoms. The molecular formula is C17H24N2O5. The molecule has 1 amide bonds. The topological polar surface area (TPSA) is 81.0 Å². The normalized spacial score (nSPS) is 20.5. The van der Waals surface area contributed by atoms with Crippen molar-refractivity contribution in [3.8, 4) is 0 Å². The van der Waals surface area contributed by atoms with E-state index in [4.69, 9.17) is 9.47 Å². The lowest BCUT2D eigenvalue weighted by atomic mass is 10.2. The van der Waals surface area contributed by atoms with Crippen molar-refractivity contribution in [3.05, 3.63) is 23.0 Å². The standard InChI is InChI=1S/C17H24N2O5/c1-11(2)9-24-12-3-4-18(8-12)16(20)14-7-13(17(21)22)15-10-23-6-5-19(14)15/h7,11-12H,3-6,8-10H2,1-2H3,(H,21,22). The number of carboxylic acid groups (broad SMARTS) is 1. The maximum Gasteiger partial charge on any atom is 0.337 e. The second-order valence-electron chi connectivity index (χ2n) is 6.79. The molecule has 132 valence electrons. The molecule has 0 spiro atoms. The molecule has 2 aliphatic heterocycles. The third-order valence-electron chi connectivity index (χ3n) is 4.45. The van der Waals surface area contributed by atoms with Crippen LogP contribution in [0, 0.1) is 5.92 Å². The van der Waals surface area contributed by atoms with Gasteiger partial charge in [-0.15, -0.1) is 0 Å². The molecule has 1 aromatic heterocycles. The third-order valence-corrected chi connectivity index (χ3v) is 4.45. The minimum Gasteiger partial charge on any atom is -0.478 e. The van der Waals surface area contributed by atoms with E-state index in [2.05, 4.69) is 13.8 Å². The summed E-state index contributed by atoms with van der Waals surface area (Å²) in [6.07, 6.45) is 0.885. The highest BCUT2D eigenvalue weighted by Crippen LogP contribution is 2.24. The zero-order chi connectivity index (χ0) is 17.3. The molecule has 0 radical (unpaired) electrons. The summed E-state index contributed by atoms with van der Waals surface area (Å²) in [4.78, 5) is 26.0. The van der Waals surface area contributed by atoms with E-state index in [1.807, 2.05) is 0 Å². The Morgan fingerprint density at radius 2 is 2.21 bits per heavy atom. The van der Waals surface area contributed by atoms with Gasteiger partial charge in [0.05, 0.1) is 30.6 Å². The van der Waals surface area contributed by atoms with Gasteiger partial charge in [-0.05, 0) is 18.4 Å². The number of nitrogens with zero attached hydrogens (tertiary/aromatic N) is 2. The molecule has 7 nitrogen and oxygen atoms in total. The highest BCUT2D eigenvalue weighted by molar-refractivity contribution is 5.98. The number of carbonyl (C=O) groups excluding carboxylic acids is 1. The van der Waals surface area contributed by atoms with E-state index in [0.717, 1.165) is 6.42 Å². The number of likely N-dealkylation sites (tertiary alicyclic amines) is 1. The first-order valence-electron chi connectivity index (χ1n) is 8.41. The lowest BCUT2D eigenvalue weighted by Gasteiger charge is -2.21. The van der Waals surface area contributed by atoms with Gasteiger partial charge in [0, 0.05) is 26.2 Å². The SMILES string of the molecule is CC(C)COC1CCN(C(=O)c2cc(C(=O)O)c3n2CCOC3)C1. The van der Waals surface area contributed by atoms with E-state index in [0.29, 0.717) is 50.2 Å². The van der Waals surface area contributed by atoms with Gasteiger partial charge in [-0.1, -0.05) is 13.8 Å². The first kappa shape index (κ1) is 17.0. The van der Waals surface area contributed by atoms with Crippen LogP contribution in [0.15, 0.2) is 6.07 Å². The monoisotopic (exact) mass is 336 g/mol. The van der Waals surface area contributed by atoms with Gasteiger partial charge in [-0.3, -0.25) is 4.79 Å². The van der Waals surface area contributed by atoms with Gasteiger partial charge in [0.25, 0.3) is 5.91 Å². The van der Waals surface area contributed by atoms with Crippen LogP contribution >= 0.6 is 0 Å². The summed E-state index contributed by atoms with van der Waals surface area (Å²) in [7, 11) is 0. The zero-order valence-corrected chi connectivity index (χ0v) is 14.2. The first-order valence-corrected chi connectivity index (χ1v) is 8.41. The van der Waals surface area contributed by atoms with Crippen molar-refractivity contribution in [1.29, 1.82) is 0 Å². The van der Waals surface area contributed by atoms with Gasteiger partial charge in [0.2, 0.25) is 0 Å². The van der Waals surface area contributed by atoms with E-state index >= 15 is 0 Å². The number of amides is 1. The molecule has 1 unspecified atom stereocenters. The highest BCUT2D eigenvalue weighted by atomic mass is 16.5. The lowest BCUT2D eigenvalue weighted by Crippen LogP contribution is -2.33. The number of rotatable bonds is 5. The molecule has 1 N–H and O–H groups in total. The second kappa shape index (κ2) is 6.94. The second-order valence-corrected chi connectivity index (χ2v) is 6.79. The van der Waals surface area contributed by atoms with E-state index in [9.17, 15) is 14.7 Å². The molecule has 0 bridgehead atoms. The molecule has 1 saturated heterocycles. The Kier molecular flexibility index (Phi) is 4.91. The Labute approximate surface area is 141 Å². The predicted octanol–water partition coefficient (Wildman–Crippen LogP) is 1.60. The summed E-state index contributed by atoms with van der Waals surface area (Å²) in [6.45, 7) is 7.31. The van der Waals surface area contributed by atoms with Crippen molar-refractivity contribution < 1.29 is 24.2 Å². The molecule has 3 heterocycles. The Morgan fingerprint density at radius 3 is 2.92 bits per heavy atom. The van der Waals surface area contributed by atoms with Crippen molar-refractivity contribution in [2.75, 3.05) is 26.3 Å². The number of ether oxygens (including phenoxy) is 2. The summed E-state index contributed by atoms with van der Waals surface area (Å²) in [6, 6.07) is 1.48. The van der Waals surface area contributed by atoms with Crippen LogP contribution in [0.4, 0.5) is 0 Å². The Balaban J connectivity index is 1.75. The minimum absolute atomic E-state index is 0.0643. The van der Waals surface area contributed by atoms with Crippen LogP contribution in [0.25, 0.3) is 0 Å². The number of carboxylic acids is 1. The highest BCUT2D eigenvalue weighted by Gasteiger charge is 2.32. The van der Waals surface area contributed by atoms with E-state index in [-0.39, 0.29) is 24.2 Å². The first-order chi connectivity index (χ1) is 11.5. The largest absolute Gasteiger partial charge is 0.478 e. The Bertz CT molecular complexity index is 637. The number of hydrogen-bond acceptors (Lipinski definition) is 4. The summed E-state index contributed by atoms with van der Waals surface area (Å²) < 4.78 is 13.0. The molecule has 1 aromatic rings. The quantitative estimate of drug-likeness (QED) is 0.883. The van der Waals surface area contributed by atoms with Gasteiger partial charge in [0.15, 0.2) is 0 Å². The Hall–Kier alpha value is -1.86. The molecule has 1 atom stereocenters. The average Bonchev–Trinajstić information content (AvgIpc) is 3.17. The molecule has 2 aliphatic rings. The fourth-order valence-electron chi connectivity index (χ4n) is 3.23. The smallest absolute Gasteiger partial charge is 0.337 e. The molecule has 24 heavy (non-hydrogen) atoms. The number of carbonyl (C=O) groups is 2. The summed E-state index contributed by atoms with van der Waals surface area (Å²) in [5.41, 5.74) is 1.17. The zero-order valence-electron chi connectivity index (χ0n) is 14.2. The number of fused-ring (bicyclic) bond motifs is 1. The van der Waals surface area contributed by atoms with Gasteiger partial charge in [0.1, 0.15) is 5.69 Å². The predicted molar refractivity (Wildman–Crippen MR) is 86.1 cm³/mol. The molecular weight excluding hydrogens is 312 g/mol. The van der Waals surface area contributed by atoms with Gasteiger partial charge < -0.3 is 24.0 Å². The molecule has 1 fully saturated rings. The minimum atomic E-state index is -1.03. The molecule has 0 aliphatic carbocycles. The van der Waals surface area contributed by atoms with E-state index < -0.39 is 5.97 Å². The van der Waals surface area contributed by atoms with Crippen LogP contribution in [0.5, 0.6) is 0 Å². The van der Waals surface area contributed by atoms with Gasteiger partial charge in [-0.25, -0.2) is 4.79 Å². The van der Waals surface area contributed by atoms with Gasteiger partial charge >= 0.3 is 5.97 Å². The van der Waals surface area contributed by atoms with Crippen molar-refractivity contribution >= 4 is 11.9 Å². The summed E-state index contributed by atoms with van der Waals surface area (Å²) >= 11 is 0. The fourth-order valence-corrected chi connectivity index (χ4v) is 3.23. The van der Waals surface area contributed by atoms with E-state index in [1.165, 1.54) is 6.07 Å². The van der Waals surface area contributed by atoms with Crippen LogP contribution < -0.4 is 0 Å². The number of aromatic nitrogens is 1. The van der Waals surface area contributed by atoms with Crippen molar-refractivity contribution in [1.82, 2.24) is 9.47 Å². The van der Waals surface area contributed by atoms with E-state index in [1.54, 1.807) is 9.47 Å². The van der Waals surface area contributed by atoms with Gasteiger partial charge in [-0.2, -0.15) is 0 Å². The fraction of sp³-hybridized carbons (Fsp3) is 0.647. The summed E-state index contributed by atoms with van der Waals surface area (Å²) in [5, 5.41) is 9.35. The van der Waals surface area contributed by atoms with Crippen molar-refractivity contribution in [3.63, 3.8) is 0 Å². The molecule has 3 rings (SSSR count). The lowest BCUT2D eigenvalue weighted by molar-refractivity contribution is 0.0391. The number of aromatic carboxylic acids is 1. The van der Waals surface area contributed by atoms with Crippen LogP contribution in [0.3, 0.4) is 0 Å². The van der Waals surface area contributed by atoms with Crippen LogP contribution in [-0.2, 0) is 22.6 Å². The van der Waals surface area contributed by atoms with Crippen molar-refractivity contribution in [2.24, 2.45) is 5.92 Å². The van der Waals surface area contributed by atoms with Crippen LogP contribution in [0.2, 0.25) is 0 Å². The van der Waals surface area contributed by atoms with Crippen molar-refractivity contribution in [2.45, 2.75) is 39.5 Å². The third kappa shape index (κ3) is 3.32. The molecule has 0 saturated carbocycles. The maximum absolute atomic E-state index is 12.9. The molecule has 0 aromatic carbocycles. The number of hydrogen-bond donors (Lipinski definition) is 1. The van der Waals surface area contributed by atoms with Crippen LogP contribution in [-0.4, -0.2) is 58.9 Å². The average molecular weight is 336 g/mol. The Morgan fingerprint density at radius 1 is 1.42 bits per heavy atom. The summed E-state index contributed by atoms with van der Waals surface area (Å²) in [5.74, 6) is -0.685.